The number of hydrogen-bond donors (Lipinski definition) is 2. The highest BCUT2D eigenvalue weighted by Crippen LogP contribution is 2.33. The maximum atomic E-state index is 10.8. The summed E-state index contributed by atoms with van der Waals surface area (Å²) in [7, 11) is 0. The maximum Gasteiger partial charge on any atom is 0.356 e. The van der Waals surface area contributed by atoms with Crippen molar-refractivity contribution in [2.75, 3.05) is 5.32 Å². The molecule has 1 aromatic heterocycles. The Hall–Kier alpha value is -1.58. The first-order chi connectivity index (χ1) is 6.68. The molecular formula is C10H12N2O2. The van der Waals surface area contributed by atoms with Gasteiger partial charge in [0.05, 0.1) is 5.69 Å². The topological polar surface area (TPSA) is 62.2 Å². The summed E-state index contributed by atoms with van der Waals surface area (Å²) in [6, 6.07) is 3.90. The number of aromatic carboxylic acids is 1. The van der Waals surface area contributed by atoms with Crippen molar-refractivity contribution < 1.29 is 9.90 Å². The molecule has 0 bridgehead atoms. The summed E-state index contributed by atoms with van der Waals surface area (Å²) < 4.78 is 0. The molecule has 1 heterocycles. The molecule has 1 aromatic rings. The fraction of sp³-hybridized carbons (Fsp3) is 0.400. The molecule has 14 heavy (non-hydrogen) atoms. The van der Waals surface area contributed by atoms with Crippen LogP contribution in [0.15, 0.2) is 18.3 Å². The fourth-order valence-electron chi connectivity index (χ4n) is 1.42. The largest absolute Gasteiger partial charge is 0.476 e. The Kier molecular flexibility index (Phi) is 2.11. The first-order valence-electron chi connectivity index (χ1n) is 4.63. The summed E-state index contributed by atoms with van der Waals surface area (Å²) in [6.45, 7) is 2.13. The molecule has 1 aliphatic rings. The van der Waals surface area contributed by atoms with Crippen molar-refractivity contribution >= 4 is 11.7 Å². The molecule has 0 saturated heterocycles. The van der Waals surface area contributed by atoms with E-state index < -0.39 is 5.97 Å². The van der Waals surface area contributed by atoms with Crippen LogP contribution in [0.2, 0.25) is 0 Å². The highest BCUT2D eigenvalue weighted by molar-refractivity contribution is 5.91. The molecule has 2 rings (SSSR count). The predicted molar refractivity (Wildman–Crippen MR) is 52.4 cm³/mol. The van der Waals surface area contributed by atoms with E-state index in [1.54, 1.807) is 12.1 Å². The van der Waals surface area contributed by atoms with Gasteiger partial charge in [0.1, 0.15) is 0 Å². The van der Waals surface area contributed by atoms with E-state index >= 15 is 0 Å². The lowest BCUT2D eigenvalue weighted by atomic mass is 10.3. The standard InChI is InChI=1S/C10H12N2O2/c1-6-5-8(6)12-7-3-2-4-11-9(7)10(13)14/h2-4,6,8,12H,5H2,1H3,(H,13,14). The van der Waals surface area contributed by atoms with Crippen molar-refractivity contribution in [1.29, 1.82) is 0 Å². The number of nitrogens with one attached hydrogen (secondary N) is 1. The van der Waals surface area contributed by atoms with Crippen LogP contribution in [0, 0.1) is 5.92 Å². The van der Waals surface area contributed by atoms with Crippen molar-refractivity contribution in [3.63, 3.8) is 0 Å². The third-order valence-electron chi connectivity index (χ3n) is 2.46. The number of anilines is 1. The van der Waals surface area contributed by atoms with Crippen LogP contribution in [0.5, 0.6) is 0 Å². The molecule has 0 aromatic carbocycles. The van der Waals surface area contributed by atoms with E-state index in [1.807, 2.05) is 0 Å². The van der Waals surface area contributed by atoms with Gasteiger partial charge in [-0.25, -0.2) is 9.78 Å². The predicted octanol–water partition coefficient (Wildman–Crippen LogP) is 1.60. The van der Waals surface area contributed by atoms with Crippen LogP contribution < -0.4 is 5.32 Å². The molecular weight excluding hydrogens is 180 g/mol. The zero-order valence-electron chi connectivity index (χ0n) is 7.90. The van der Waals surface area contributed by atoms with E-state index in [1.165, 1.54) is 6.20 Å². The number of carboxylic acid groups (broad SMARTS) is 1. The van der Waals surface area contributed by atoms with Crippen LogP contribution in [0.25, 0.3) is 0 Å². The van der Waals surface area contributed by atoms with Crippen molar-refractivity contribution in [2.45, 2.75) is 19.4 Å². The minimum atomic E-state index is -0.985. The molecule has 2 N–H and O–H groups in total. The lowest BCUT2D eigenvalue weighted by Gasteiger charge is -2.06. The molecule has 1 saturated carbocycles. The van der Waals surface area contributed by atoms with Crippen LogP contribution >= 0.6 is 0 Å². The van der Waals surface area contributed by atoms with Crippen molar-refractivity contribution in [3.8, 4) is 0 Å². The van der Waals surface area contributed by atoms with Gasteiger partial charge in [-0.1, -0.05) is 6.92 Å². The van der Waals surface area contributed by atoms with Crippen LogP contribution in [0.1, 0.15) is 23.8 Å². The molecule has 74 valence electrons. The SMILES string of the molecule is CC1CC1Nc1cccnc1C(=O)O. The van der Waals surface area contributed by atoms with E-state index in [9.17, 15) is 4.79 Å². The van der Waals surface area contributed by atoms with Crippen LogP contribution in [-0.4, -0.2) is 22.1 Å². The van der Waals surface area contributed by atoms with Crippen LogP contribution in [-0.2, 0) is 0 Å². The summed E-state index contributed by atoms with van der Waals surface area (Å²) in [5, 5.41) is 12.0. The van der Waals surface area contributed by atoms with Gasteiger partial charge in [0, 0.05) is 12.2 Å². The minimum Gasteiger partial charge on any atom is -0.476 e. The number of nitrogens with zero attached hydrogens (tertiary/aromatic N) is 1. The highest BCUT2D eigenvalue weighted by Gasteiger charge is 2.33. The molecule has 4 nitrogen and oxygen atoms in total. The average molecular weight is 192 g/mol. The summed E-state index contributed by atoms with van der Waals surface area (Å²) in [4.78, 5) is 14.6. The van der Waals surface area contributed by atoms with Crippen molar-refractivity contribution in [1.82, 2.24) is 4.98 Å². The van der Waals surface area contributed by atoms with Gasteiger partial charge in [0.25, 0.3) is 0 Å². The van der Waals surface area contributed by atoms with Crippen molar-refractivity contribution in [3.05, 3.63) is 24.0 Å². The normalized spacial score (nSPS) is 24.4. The van der Waals surface area contributed by atoms with Gasteiger partial charge >= 0.3 is 5.97 Å². The Morgan fingerprint density at radius 3 is 3.00 bits per heavy atom. The van der Waals surface area contributed by atoms with Gasteiger partial charge in [0.15, 0.2) is 5.69 Å². The number of hydrogen-bond acceptors (Lipinski definition) is 3. The molecule has 1 aliphatic carbocycles. The summed E-state index contributed by atoms with van der Waals surface area (Å²) in [6.07, 6.45) is 2.60. The summed E-state index contributed by atoms with van der Waals surface area (Å²) in [5.74, 6) is -0.349. The lowest BCUT2D eigenvalue weighted by molar-refractivity contribution is 0.0691. The van der Waals surface area contributed by atoms with Crippen LogP contribution in [0.3, 0.4) is 0 Å². The third kappa shape index (κ3) is 1.69. The highest BCUT2D eigenvalue weighted by atomic mass is 16.4. The second kappa shape index (κ2) is 3.29. The van der Waals surface area contributed by atoms with Gasteiger partial charge < -0.3 is 10.4 Å². The lowest BCUT2D eigenvalue weighted by Crippen LogP contribution is -2.10. The first kappa shape index (κ1) is 8.99. The minimum absolute atomic E-state index is 0.103. The van der Waals surface area contributed by atoms with E-state index in [2.05, 4.69) is 17.2 Å². The quantitative estimate of drug-likeness (QED) is 0.763. The molecule has 0 aliphatic heterocycles. The molecule has 2 unspecified atom stereocenters. The van der Waals surface area contributed by atoms with E-state index in [-0.39, 0.29) is 5.69 Å². The number of rotatable bonds is 3. The van der Waals surface area contributed by atoms with E-state index in [4.69, 9.17) is 5.11 Å². The smallest absolute Gasteiger partial charge is 0.356 e. The van der Waals surface area contributed by atoms with Gasteiger partial charge in [-0.3, -0.25) is 0 Å². The van der Waals surface area contributed by atoms with Gasteiger partial charge in [-0.15, -0.1) is 0 Å². The molecule has 0 spiro atoms. The Morgan fingerprint density at radius 2 is 2.43 bits per heavy atom. The molecule has 2 atom stereocenters. The van der Waals surface area contributed by atoms with Gasteiger partial charge in [-0.05, 0) is 24.5 Å². The molecule has 4 heteroatoms. The zero-order chi connectivity index (χ0) is 10.1. The molecule has 0 amide bonds. The second-order valence-electron chi connectivity index (χ2n) is 3.67. The summed E-state index contributed by atoms with van der Waals surface area (Å²) in [5.41, 5.74) is 0.723. The molecule has 1 fully saturated rings. The van der Waals surface area contributed by atoms with Gasteiger partial charge in [-0.2, -0.15) is 0 Å². The monoisotopic (exact) mass is 192 g/mol. The van der Waals surface area contributed by atoms with Crippen LogP contribution in [0.4, 0.5) is 5.69 Å². The maximum absolute atomic E-state index is 10.8. The zero-order valence-corrected chi connectivity index (χ0v) is 7.90. The fourth-order valence-corrected chi connectivity index (χ4v) is 1.42. The number of carbonyl (C=O) groups is 1. The Labute approximate surface area is 82.0 Å². The second-order valence-corrected chi connectivity index (χ2v) is 3.67. The molecule has 0 radical (unpaired) electrons. The first-order valence-corrected chi connectivity index (χ1v) is 4.63. The number of aromatic nitrogens is 1. The summed E-state index contributed by atoms with van der Waals surface area (Å²) >= 11 is 0. The Balaban J connectivity index is 2.19. The Bertz CT molecular complexity index is 365. The number of carboxylic acids is 1. The average Bonchev–Trinajstić information content (AvgIpc) is 2.82. The van der Waals surface area contributed by atoms with Crippen molar-refractivity contribution in [2.24, 2.45) is 5.92 Å². The van der Waals surface area contributed by atoms with Gasteiger partial charge in [0.2, 0.25) is 0 Å². The third-order valence-corrected chi connectivity index (χ3v) is 2.46. The van der Waals surface area contributed by atoms with E-state index in [0.29, 0.717) is 17.6 Å². The van der Waals surface area contributed by atoms with E-state index in [0.717, 1.165) is 6.42 Å². The number of pyridine rings is 1. The Morgan fingerprint density at radius 1 is 1.71 bits per heavy atom.